The Kier molecular flexibility index (Phi) is 29.2. The molecule has 0 aliphatic carbocycles. The summed E-state index contributed by atoms with van der Waals surface area (Å²) in [5, 5.41) is 0. The van der Waals surface area contributed by atoms with Gasteiger partial charge in [-0.3, -0.25) is 0 Å². The van der Waals surface area contributed by atoms with Crippen LogP contribution in [0.2, 0.25) is 0 Å². The van der Waals surface area contributed by atoms with E-state index in [1.165, 1.54) is 5.54 Å². The van der Waals surface area contributed by atoms with E-state index in [0.29, 0.717) is 0 Å². The maximum atomic E-state index is 4.76. The third-order valence-electron chi connectivity index (χ3n) is 0. The highest BCUT2D eigenvalue weighted by molar-refractivity contribution is 7.97. The molecule has 0 spiro atoms. The quantitative estimate of drug-likeness (QED) is 0.478. The molecule has 0 heterocycles. The van der Waals surface area contributed by atoms with Gasteiger partial charge in [0.15, 0.2) is 0 Å². The van der Waals surface area contributed by atoms with Gasteiger partial charge < -0.3 is 0 Å². The van der Waals surface area contributed by atoms with Gasteiger partial charge in [0.05, 0.1) is 0 Å². The lowest BCUT2D eigenvalue weighted by molar-refractivity contribution is 2.37. The van der Waals surface area contributed by atoms with E-state index in [2.05, 4.69) is 6.58 Å². The molecule has 6 heavy (non-hydrogen) atoms. The van der Waals surface area contributed by atoms with Crippen LogP contribution < -0.4 is 0 Å². The second kappa shape index (κ2) is 18.2. The molecule has 0 rings (SSSR count). The van der Waals surface area contributed by atoms with Crippen molar-refractivity contribution in [2.45, 2.75) is 0 Å². The molecule has 0 saturated carbocycles. The molecule has 0 amide bonds. The average molecular weight is 125 g/mol. The Labute approximate surface area is 48.6 Å². The van der Waals surface area contributed by atoms with Gasteiger partial charge in [0.2, 0.25) is 0 Å². The minimum absolute atomic E-state index is 1.22. The van der Waals surface area contributed by atoms with Crippen LogP contribution in [-0.2, 0) is 0 Å². The van der Waals surface area contributed by atoms with Gasteiger partial charge in [-0.25, -0.2) is 0 Å². The summed E-state index contributed by atoms with van der Waals surface area (Å²) >= 11 is 6.51. The summed E-state index contributed by atoms with van der Waals surface area (Å²) in [6, 6.07) is 0. The smallest absolute Gasteiger partial charge is 0.00296 e. The zero-order valence-electron chi connectivity index (χ0n) is 4.07. The molecule has 0 aromatic rings. The van der Waals surface area contributed by atoms with Crippen molar-refractivity contribution < 1.29 is 0 Å². The number of halogens is 1. The maximum absolute atomic E-state index is 4.76. The number of rotatable bonds is 0. The van der Waals surface area contributed by atoms with E-state index in [4.69, 9.17) is 11.6 Å². The molecule has 0 atom stereocenters. The minimum Gasteiger partial charge on any atom is -0.169 e. The lowest BCUT2D eigenvalue weighted by Gasteiger charge is -1.51. The zero-order valence-corrected chi connectivity index (χ0v) is 5.64. The highest BCUT2D eigenvalue weighted by atomic mass is 35.5. The Morgan fingerprint density at radius 1 is 1.67 bits per heavy atom. The van der Waals surface area contributed by atoms with Crippen LogP contribution in [0.3, 0.4) is 0 Å². The SMILES string of the molecule is C=CCl.CSC. The Balaban J connectivity index is 0. The Morgan fingerprint density at radius 3 is 1.67 bits per heavy atom. The normalized spacial score (nSPS) is 5.17. The lowest BCUT2D eigenvalue weighted by Crippen LogP contribution is -1.25. The Hall–Kier alpha value is 0.380. The first-order valence-corrected chi connectivity index (χ1v) is 3.51. The molecule has 0 unspecified atom stereocenters. The Bertz CT molecular complexity index is 21.5. The van der Waals surface area contributed by atoms with E-state index in [1.807, 2.05) is 12.5 Å². The zero-order chi connectivity index (χ0) is 5.41. The number of hydrogen-bond acceptors (Lipinski definition) is 1. The predicted octanol–water partition coefficient (Wildman–Crippen LogP) is 2.35. The first-order chi connectivity index (χ1) is 2.83. The molecular formula is C4H9ClS. The topological polar surface area (TPSA) is 0 Å². The van der Waals surface area contributed by atoms with Crippen LogP contribution in [-0.4, -0.2) is 12.5 Å². The van der Waals surface area contributed by atoms with Crippen LogP contribution in [0.4, 0.5) is 0 Å². The van der Waals surface area contributed by atoms with Gasteiger partial charge in [0.25, 0.3) is 0 Å². The fraction of sp³-hybridized carbons (Fsp3) is 0.500. The molecular weight excluding hydrogens is 116 g/mol. The van der Waals surface area contributed by atoms with E-state index < -0.39 is 0 Å². The summed E-state index contributed by atoms with van der Waals surface area (Å²) in [5.74, 6) is 0. The van der Waals surface area contributed by atoms with Crippen LogP contribution in [0, 0.1) is 0 Å². The lowest BCUT2D eigenvalue weighted by atomic mass is 11.3. The van der Waals surface area contributed by atoms with Gasteiger partial charge in [-0.05, 0) is 18.0 Å². The van der Waals surface area contributed by atoms with Gasteiger partial charge in [0.1, 0.15) is 0 Å². The molecule has 0 fully saturated rings. The summed E-state index contributed by atoms with van der Waals surface area (Å²) in [7, 11) is 0. The van der Waals surface area contributed by atoms with E-state index in [-0.39, 0.29) is 0 Å². The number of thioether (sulfide) groups is 1. The summed E-state index contributed by atoms with van der Waals surface area (Å²) in [6.45, 7) is 3.13. The third-order valence-corrected chi connectivity index (χ3v) is 0. The number of hydrogen-bond donors (Lipinski definition) is 0. The maximum Gasteiger partial charge on any atom is -0.00296 e. The van der Waals surface area contributed by atoms with Gasteiger partial charge >= 0.3 is 0 Å². The Morgan fingerprint density at radius 2 is 1.67 bits per heavy atom. The molecule has 0 aliphatic rings. The van der Waals surface area contributed by atoms with Crippen molar-refractivity contribution in [1.82, 2.24) is 0 Å². The van der Waals surface area contributed by atoms with Gasteiger partial charge in [0, 0.05) is 0 Å². The molecule has 0 N–H and O–H groups in total. The van der Waals surface area contributed by atoms with E-state index >= 15 is 0 Å². The minimum atomic E-state index is 1.22. The summed E-state index contributed by atoms with van der Waals surface area (Å²) in [6.07, 6.45) is 4.08. The summed E-state index contributed by atoms with van der Waals surface area (Å²) in [5.41, 5.74) is 1.22. The largest absolute Gasteiger partial charge is 0.169 e. The van der Waals surface area contributed by atoms with Crippen molar-refractivity contribution in [3.63, 3.8) is 0 Å². The van der Waals surface area contributed by atoms with Crippen LogP contribution in [0.25, 0.3) is 0 Å². The molecule has 38 valence electrons. The second-order valence-corrected chi connectivity index (χ2v) is 1.69. The van der Waals surface area contributed by atoms with Gasteiger partial charge in [-0.15, -0.1) is 0 Å². The molecule has 0 aromatic carbocycles. The highest BCUT2D eigenvalue weighted by Crippen LogP contribution is 1.70. The van der Waals surface area contributed by atoms with Crippen molar-refractivity contribution in [1.29, 1.82) is 0 Å². The predicted molar refractivity (Wildman–Crippen MR) is 35.5 cm³/mol. The first-order valence-electron chi connectivity index (χ1n) is 1.44. The van der Waals surface area contributed by atoms with Crippen LogP contribution in [0.1, 0.15) is 0 Å². The molecule has 0 saturated heterocycles. The molecule has 2 heteroatoms. The van der Waals surface area contributed by atoms with E-state index in [1.54, 1.807) is 11.8 Å². The van der Waals surface area contributed by atoms with Crippen molar-refractivity contribution in [2.75, 3.05) is 12.5 Å². The van der Waals surface area contributed by atoms with Crippen molar-refractivity contribution in [2.24, 2.45) is 0 Å². The fourth-order valence-electron chi connectivity index (χ4n) is 0. The molecule has 0 radical (unpaired) electrons. The molecule has 0 aromatic heterocycles. The van der Waals surface area contributed by atoms with E-state index in [9.17, 15) is 0 Å². The molecule has 0 aliphatic heterocycles. The monoisotopic (exact) mass is 124 g/mol. The van der Waals surface area contributed by atoms with Crippen molar-refractivity contribution in [3.8, 4) is 0 Å². The van der Waals surface area contributed by atoms with Crippen LogP contribution in [0.5, 0.6) is 0 Å². The van der Waals surface area contributed by atoms with Crippen molar-refractivity contribution >= 4 is 23.4 Å². The summed E-state index contributed by atoms with van der Waals surface area (Å²) < 4.78 is 0. The van der Waals surface area contributed by atoms with Gasteiger partial charge in [-0.1, -0.05) is 18.2 Å². The first kappa shape index (κ1) is 9.63. The molecule has 0 nitrogen and oxygen atoms in total. The van der Waals surface area contributed by atoms with E-state index in [0.717, 1.165) is 0 Å². The second-order valence-electron chi connectivity index (χ2n) is 0.563. The van der Waals surface area contributed by atoms with Crippen molar-refractivity contribution in [3.05, 3.63) is 12.1 Å². The average Bonchev–Trinajstić information content (AvgIpc) is 1.39. The standard InChI is InChI=1S/C2H3Cl.C2H6S/c1-2-3;1-3-2/h2H,1H2;1-2H3. The highest BCUT2D eigenvalue weighted by Gasteiger charge is 1.32. The fourth-order valence-corrected chi connectivity index (χ4v) is 0. The van der Waals surface area contributed by atoms with Crippen LogP contribution >= 0.6 is 23.4 Å². The summed E-state index contributed by atoms with van der Waals surface area (Å²) in [4.78, 5) is 0. The molecule has 0 bridgehead atoms. The third kappa shape index (κ3) is 347. The van der Waals surface area contributed by atoms with Gasteiger partial charge in [-0.2, -0.15) is 11.8 Å². The van der Waals surface area contributed by atoms with Crippen LogP contribution in [0.15, 0.2) is 12.1 Å².